The molecule has 0 spiro atoms. The summed E-state index contributed by atoms with van der Waals surface area (Å²) in [4.78, 5) is 13.2. The Kier molecular flexibility index (Phi) is 7.22. The second kappa shape index (κ2) is 9.50. The summed E-state index contributed by atoms with van der Waals surface area (Å²) in [6.07, 6.45) is 2.11. The fourth-order valence-electron chi connectivity index (χ4n) is 4.04. The van der Waals surface area contributed by atoms with E-state index < -0.39 is 10.0 Å². The number of carbonyl (C=O) groups is 1. The number of carbonyl (C=O) groups excluding carboxylic acids is 1. The van der Waals surface area contributed by atoms with E-state index in [0.29, 0.717) is 24.4 Å². The van der Waals surface area contributed by atoms with Gasteiger partial charge in [0, 0.05) is 18.1 Å². The van der Waals surface area contributed by atoms with Crippen LogP contribution in [0.1, 0.15) is 48.9 Å². The Morgan fingerprint density at radius 1 is 1.20 bits per heavy atom. The first kappa shape index (κ1) is 22.8. The number of hydrogen-bond acceptors (Lipinski definition) is 3. The highest BCUT2D eigenvalue weighted by Crippen LogP contribution is 2.27. The van der Waals surface area contributed by atoms with Crippen molar-refractivity contribution in [1.82, 2.24) is 9.62 Å². The average Bonchev–Trinajstić information content (AvgIpc) is 2.72. The van der Waals surface area contributed by atoms with Gasteiger partial charge in [-0.1, -0.05) is 42.3 Å². The van der Waals surface area contributed by atoms with Gasteiger partial charge in [-0.3, -0.25) is 4.79 Å². The molecule has 2 aromatic rings. The lowest BCUT2D eigenvalue weighted by Gasteiger charge is -2.32. The fourth-order valence-corrected chi connectivity index (χ4v) is 5.69. The first-order valence-electron chi connectivity index (χ1n) is 10.4. The maximum Gasteiger partial charge on any atom is 0.243 e. The van der Waals surface area contributed by atoms with E-state index in [9.17, 15) is 13.2 Å². The lowest BCUT2D eigenvalue weighted by Crippen LogP contribution is -2.46. The van der Waals surface area contributed by atoms with Crippen molar-refractivity contribution in [3.8, 4) is 0 Å². The zero-order valence-corrected chi connectivity index (χ0v) is 19.3. The highest BCUT2D eigenvalue weighted by Gasteiger charge is 2.34. The molecule has 0 aliphatic carbocycles. The second-order valence-electron chi connectivity index (χ2n) is 7.99. The van der Waals surface area contributed by atoms with E-state index in [4.69, 9.17) is 11.6 Å². The Morgan fingerprint density at radius 3 is 2.53 bits per heavy atom. The van der Waals surface area contributed by atoms with Gasteiger partial charge in [0.1, 0.15) is 0 Å². The van der Waals surface area contributed by atoms with Gasteiger partial charge in [-0.2, -0.15) is 4.31 Å². The third-order valence-electron chi connectivity index (χ3n) is 5.73. The average molecular weight is 449 g/mol. The molecule has 1 aliphatic rings. The van der Waals surface area contributed by atoms with E-state index in [0.717, 1.165) is 17.5 Å². The number of piperidine rings is 1. The third kappa shape index (κ3) is 5.05. The number of hydrogen-bond donors (Lipinski definition) is 1. The molecular weight excluding hydrogens is 420 g/mol. The lowest BCUT2D eigenvalue weighted by atomic mass is 9.95. The molecule has 2 atom stereocenters. The molecule has 0 unspecified atom stereocenters. The first-order chi connectivity index (χ1) is 14.2. The fraction of sp³-hybridized carbons (Fsp3) is 0.435. The van der Waals surface area contributed by atoms with Crippen LogP contribution in [-0.4, -0.2) is 31.7 Å². The van der Waals surface area contributed by atoms with Gasteiger partial charge in [0.2, 0.25) is 15.9 Å². The third-order valence-corrected chi connectivity index (χ3v) is 7.86. The molecule has 0 saturated carbocycles. The number of aryl methyl sites for hydroxylation is 2. The Balaban J connectivity index is 1.72. The van der Waals surface area contributed by atoms with Gasteiger partial charge in [-0.15, -0.1) is 0 Å². The molecule has 5 nitrogen and oxygen atoms in total. The smallest absolute Gasteiger partial charge is 0.243 e. The van der Waals surface area contributed by atoms with Crippen LogP contribution in [0.2, 0.25) is 5.02 Å². The zero-order chi connectivity index (χ0) is 21.9. The number of benzene rings is 2. The second-order valence-corrected chi connectivity index (χ2v) is 10.4. The van der Waals surface area contributed by atoms with Crippen LogP contribution in [0.5, 0.6) is 0 Å². The molecule has 0 bridgehead atoms. The monoisotopic (exact) mass is 448 g/mol. The predicted octanol–water partition coefficient (Wildman–Crippen LogP) is 4.63. The molecule has 1 heterocycles. The largest absolute Gasteiger partial charge is 0.349 e. The normalized spacial score (nSPS) is 18.7. The van der Waals surface area contributed by atoms with Crippen LogP contribution in [0.25, 0.3) is 0 Å². The van der Waals surface area contributed by atoms with E-state index >= 15 is 0 Å². The first-order valence-corrected chi connectivity index (χ1v) is 12.2. The molecule has 2 aromatic carbocycles. The van der Waals surface area contributed by atoms with Crippen LogP contribution >= 0.6 is 11.6 Å². The van der Waals surface area contributed by atoms with Gasteiger partial charge in [-0.25, -0.2) is 8.42 Å². The summed E-state index contributed by atoms with van der Waals surface area (Å²) < 4.78 is 27.4. The molecule has 3 rings (SSSR count). The minimum Gasteiger partial charge on any atom is -0.349 e. The number of nitrogens with one attached hydrogen (secondary N) is 1. The molecule has 1 N–H and O–H groups in total. The minimum absolute atomic E-state index is 0.0821. The lowest BCUT2D eigenvalue weighted by molar-refractivity contribution is -0.126. The van der Waals surface area contributed by atoms with E-state index in [1.807, 2.05) is 13.8 Å². The summed E-state index contributed by atoms with van der Waals surface area (Å²) in [5.41, 5.74) is 3.45. The van der Waals surface area contributed by atoms with Crippen LogP contribution in [-0.2, 0) is 14.8 Å². The van der Waals surface area contributed by atoms with E-state index in [-0.39, 0.29) is 29.3 Å². The molecular formula is C23H29ClN2O3S. The van der Waals surface area contributed by atoms with Crippen LogP contribution in [0.15, 0.2) is 47.4 Å². The summed E-state index contributed by atoms with van der Waals surface area (Å²) in [6, 6.07) is 12.3. The van der Waals surface area contributed by atoms with Crippen molar-refractivity contribution < 1.29 is 13.2 Å². The number of rotatable bonds is 6. The van der Waals surface area contributed by atoms with Crippen LogP contribution in [0.4, 0.5) is 0 Å². The molecule has 1 saturated heterocycles. The van der Waals surface area contributed by atoms with Crippen molar-refractivity contribution in [2.45, 2.75) is 51.0 Å². The SMILES string of the molecule is CC[C@@H](NC(=O)[C@H]1CCCN(S(=O)(=O)c2ccc(Cl)cc2)C1)c1ccc(C)cc1C. The summed E-state index contributed by atoms with van der Waals surface area (Å²) in [5.74, 6) is -0.446. The number of nitrogens with zero attached hydrogens (tertiary/aromatic N) is 1. The van der Waals surface area contributed by atoms with Crippen LogP contribution < -0.4 is 5.32 Å². The van der Waals surface area contributed by atoms with Crippen LogP contribution in [0, 0.1) is 19.8 Å². The molecule has 162 valence electrons. The maximum absolute atomic E-state index is 13.0. The zero-order valence-electron chi connectivity index (χ0n) is 17.7. The van der Waals surface area contributed by atoms with Gasteiger partial charge >= 0.3 is 0 Å². The highest BCUT2D eigenvalue weighted by molar-refractivity contribution is 7.89. The number of amides is 1. The summed E-state index contributed by atoms with van der Waals surface area (Å²) in [6.45, 7) is 6.76. The summed E-state index contributed by atoms with van der Waals surface area (Å²) in [5, 5.41) is 3.64. The Labute approximate surface area is 184 Å². The van der Waals surface area contributed by atoms with Crippen molar-refractivity contribution in [2.75, 3.05) is 13.1 Å². The molecule has 1 fully saturated rings. The molecule has 7 heteroatoms. The highest BCUT2D eigenvalue weighted by atomic mass is 35.5. The van der Waals surface area contributed by atoms with Crippen LogP contribution in [0.3, 0.4) is 0 Å². The van der Waals surface area contributed by atoms with E-state index in [2.05, 4.69) is 30.4 Å². The molecule has 1 amide bonds. The quantitative estimate of drug-likeness (QED) is 0.700. The molecule has 1 aliphatic heterocycles. The van der Waals surface area contributed by atoms with E-state index in [1.165, 1.54) is 22.0 Å². The topological polar surface area (TPSA) is 66.5 Å². The van der Waals surface area contributed by atoms with Crippen molar-refractivity contribution in [1.29, 1.82) is 0 Å². The Hall–Kier alpha value is -1.89. The molecule has 30 heavy (non-hydrogen) atoms. The van der Waals surface area contributed by atoms with Crippen molar-refractivity contribution in [3.63, 3.8) is 0 Å². The minimum atomic E-state index is -3.65. The van der Waals surface area contributed by atoms with Gasteiger partial charge in [0.05, 0.1) is 16.9 Å². The number of sulfonamides is 1. The van der Waals surface area contributed by atoms with Crippen molar-refractivity contribution in [2.24, 2.45) is 5.92 Å². The standard InChI is InChI=1S/C23H29ClN2O3S/c1-4-22(21-12-7-16(2)14-17(21)3)25-23(27)18-6-5-13-26(15-18)30(28,29)20-10-8-19(24)9-11-20/h7-12,14,18,22H,4-6,13,15H2,1-3H3,(H,25,27)/t18-,22+/m0/s1. The molecule has 0 radical (unpaired) electrons. The van der Waals surface area contributed by atoms with Crippen molar-refractivity contribution in [3.05, 3.63) is 64.2 Å². The Morgan fingerprint density at radius 2 is 1.90 bits per heavy atom. The maximum atomic E-state index is 13.0. The van der Waals surface area contributed by atoms with Gasteiger partial charge in [-0.05, 0) is 68.5 Å². The van der Waals surface area contributed by atoms with Gasteiger partial charge in [0.15, 0.2) is 0 Å². The predicted molar refractivity (Wildman–Crippen MR) is 120 cm³/mol. The summed E-state index contributed by atoms with van der Waals surface area (Å²) in [7, 11) is -3.65. The van der Waals surface area contributed by atoms with Gasteiger partial charge in [0.25, 0.3) is 0 Å². The molecule has 0 aromatic heterocycles. The van der Waals surface area contributed by atoms with Gasteiger partial charge < -0.3 is 5.32 Å². The Bertz CT molecular complexity index is 1010. The summed E-state index contributed by atoms with van der Waals surface area (Å²) >= 11 is 5.88. The van der Waals surface area contributed by atoms with Crippen molar-refractivity contribution >= 4 is 27.5 Å². The van der Waals surface area contributed by atoms with E-state index in [1.54, 1.807) is 12.1 Å². The number of halogens is 1.